The van der Waals surface area contributed by atoms with Crippen LogP contribution in [-0.2, 0) is 0 Å². The topological polar surface area (TPSA) is 12.4 Å². The highest BCUT2D eigenvalue weighted by molar-refractivity contribution is 7.78. The number of thiocarbonyl (C=S) groups is 1. The van der Waals surface area contributed by atoms with Crippen molar-refractivity contribution in [1.29, 1.82) is 0 Å². The van der Waals surface area contributed by atoms with Gasteiger partial charge in [-0.1, -0.05) is 30.9 Å². The van der Waals surface area contributed by atoms with Crippen LogP contribution in [0.3, 0.4) is 0 Å². The first-order valence-corrected chi connectivity index (χ1v) is 11.1. The fourth-order valence-electron chi connectivity index (χ4n) is 4.76. The van der Waals surface area contributed by atoms with E-state index in [-0.39, 0.29) is 5.56 Å². The number of nitrogens with zero attached hydrogens (tertiary/aromatic N) is 1. The van der Waals surface area contributed by atoms with Crippen molar-refractivity contribution in [3.05, 3.63) is 64.7 Å². The summed E-state index contributed by atoms with van der Waals surface area (Å²) in [7, 11) is 0. The largest absolute Gasteiger partial charge is 0.204 e. The molecule has 0 amide bonds. The number of halogens is 2. The monoisotopic (exact) mass is 421 g/mol. The lowest BCUT2D eigenvalue weighted by atomic mass is 9.73. The smallest absolute Gasteiger partial charge is 0.153 e. The van der Waals surface area contributed by atoms with Crippen molar-refractivity contribution in [3.63, 3.8) is 0 Å². The third kappa shape index (κ3) is 4.86. The molecule has 4 rings (SSSR count). The molecule has 154 valence electrons. The van der Waals surface area contributed by atoms with Gasteiger partial charge in [-0.3, -0.25) is 0 Å². The Bertz CT molecular complexity index is 992. The quantitative estimate of drug-likeness (QED) is 0.284. The number of isothiocyanates is 1. The second-order valence-electron chi connectivity index (χ2n) is 8.67. The minimum Gasteiger partial charge on any atom is -0.204 e. The molecule has 2 aromatic carbocycles. The van der Waals surface area contributed by atoms with Gasteiger partial charge in [-0.25, -0.2) is 8.78 Å². The van der Waals surface area contributed by atoms with E-state index in [1.807, 2.05) is 17.3 Å². The van der Waals surface area contributed by atoms with Gasteiger partial charge in [0, 0.05) is 11.1 Å². The molecule has 0 heterocycles. The van der Waals surface area contributed by atoms with Crippen molar-refractivity contribution in [3.8, 4) is 11.8 Å². The second kappa shape index (κ2) is 9.21. The van der Waals surface area contributed by atoms with Gasteiger partial charge in [0.2, 0.25) is 0 Å². The molecule has 0 saturated heterocycles. The summed E-state index contributed by atoms with van der Waals surface area (Å²) in [6.07, 6.45) is 8.08. The number of aliphatic imine (C=N–C) groups is 1. The number of rotatable bonds is 4. The Morgan fingerprint density at radius 1 is 0.867 bits per heavy atom. The Labute approximate surface area is 182 Å². The van der Waals surface area contributed by atoms with E-state index in [0.717, 1.165) is 35.4 Å². The van der Waals surface area contributed by atoms with Crippen molar-refractivity contribution >= 4 is 23.1 Å². The first-order chi connectivity index (χ1) is 14.5. The van der Waals surface area contributed by atoms with Crippen LogP contribution in [-0.4, -0.2) is 5.16 Å². The zero-order valence-electron chi connectivity index (χ0n) is 17.1. The number of hydrogen-bond acceptors (Lipinski definition) is 2. The van der Waals surface area contributed by atoms with E-state index in [9.17, 15) is 8.78 Å². The van der Waals surface area contributed by atoms with Gasteiger partial charge in [0.05, 0.1) is 5.16 Å². The third-order valence-electron chi connectivity index (χ3n) is 6.79. The molecule has 0 aromatic heterocycles. The molecule has 1 atom stereocenters. The van der Waals surface area contributed by atoms with Crippen LogP contribution in [0.1, 0.15) is 68.1 Å². The molecule has 2 aliphatic rings. The molecule has 2 aromatic rings. The maximum absolute atomic E-state index is 13.9. The fraction of sp³-hybridized carbons (Fsp3) is 0.423. The van der Waals surface area contributed by atoms with Crippen LogP contribution in [0.5, 0.6) is 0 Å². The average Bonchev–Trinajstić information content (AvgIpc) is 3.60. The molecule has 0 bridgehead atoms. The summed E-state index contributed by atoms with van der Waals surface area (Å²) in [6, 6.07) is 10.6. The lowest BCUT2D eigenvalue weighted by Gasteiger charge is -2.32. The molecule has 2 saturated carbocycles. The third-order valence-corrected chi connectivity index (χ3v) is 6.88. The Balaban J connectivity index is 1.40. The number of benzene rings is 2. The van der Waals surface area contributed by atoms with Crippen molar-refractivity contribution < 1.29 is 8.78 Å². The van der Waals surface area contributed by atoms with Gasteiger partial charge in [-0.05, 0) is 104 Å². The van der Waals surface area contributed by atoms with E-state index in [2.05, 4.69) is 48.1 Å². The molecule has 4 heteroatoms. The van der Waals surface area contributed by atoms with E-state index in [1.54, 1.807) is 0 Å². The van der Waals surface area contributed by atoms with E-state index in [0.29, 0.717) is 5.92 Å². The zero-order valence-corrected chi connectivity index (χ0v) is 17.9. The van der Waals surface area contributed by atoms with Gasteiger partial charge in [0.1, 0.15) is 5.69 Å². The van der Waals surface area contributed by atoms with Gasteiger partial charge in [-0.2, -0.15) is 4.99 Å². The fourth-order valence-corrected chi connectivity index (χ4v) is 4.85. The molecule has 1 unspecified atom stereocenters. The van der Waals surface area contributed by atoms with Crippen LogP contribution in [0.15, 0.2) is 41.4 Å². The van der Waals surface area contributed by atoms with Crippen LogP contribution in [0.25, 0.3) is 0 Å². The zero-order chi connectivity index (χ0) is 21.1. The molecular formula is C26H25F2NS. The SMILES string of the molecule is CC(C1CCC(c2ccc(C#Cc3cc(F)c(N=C=S)c(F)c3)cc2)CC1)C1CC1. The Morgan fingerprint density at radius 3 is 1.93 bits per heavy atom. The first kappa shape index (κ1) is 20.9. The van der Waals surface area contributed by atoms with Crippen molar-refractivity contribution in [1.82, 2.24) is 0 Å². The van der Waals surface area contributed by atoms with Gasteiger partial charge < -0.3 is 0 Å². The van der Waals surface area contributed by atoms with Crippen LogP contribution in [0, 0.1) is 41.2 Å². The van der Waals surface area contributed by atoms with Crippen molar-refractivity contribution in [2.24, 2.45) is 22.7 Å². The van der Waals surface area contributed by atoms with Gasteiger partial charge in [-0.15, -0.1) is 0 Å². The van der Waals surface area contributed by atoms with Gasteiger partial charge >= 0.3 is 0 Å². The summed E-state index contributed by atoms with van der Waals surface area (Å²) >= 11 is 4.41. The van der Waals surface area contributed by atoms with Crippen molar-refractivity contribution in [2.75, 3.05) is 0 Å². The highest BCUT2D eigenvalue weighted by atomic mass is 32.1. The van der Waals surface area contributed by atoms with E-state index in [1.165, 1.54) is 44.1 Å². The lowest BCUT2D eigenvalue weighted by Crippen LogP contribution is -2.20. The van der Waals surface area contributed by atoms with Crippen LogP contribution < -0.4 is 0 Å². The highest BCUT2D eigenvalue weighted by Gasteiger charge is 2.35. The normalized spacial score (nSPS) is 21.8. The summed E-state index contributed by atoms with van der Waals surface area (Å²) in [5, 5.41) is 1.98. The lowest BCUT2D eigenvalue weighted by molar-refractivity contribution is 0.225. The Morgan fingerprint density at radius 2 is 1.40 bits per heavy atom. The summed E-state index contributed by atoms with van der Waals surface area (Å²) in [5.41, 5.74) is 2.04. The van der Waals surface area contributed by atoms with Crippen molar-refractivity contribution in [2.45, 2.75) is 51.4 Å². The first-order valence-electron chi connectivity index (χ1n) is 10.7. The van der Waals surface area contributed by atoms with E-state index < -0.39 is 17.3 Å². The van der Waals surface area contributed by atoms with Crippen LogP contribution >= 0.6 is 12.2 Å². The van der Waals surface area contributed by atoms with Crippen LogP contribution in [0.2, 0.25) is 0 Å². The standard InChI is InChI=1S/C26H25F2NS/c1-17(20-8-9-20)21-10-12-23(13-11-21)22-6-4-18(5-7-22)2-3-19-14-24(27)26(29-16-30)25(28)15-19/h4-7,14-15,17,20-21,23H,8-13H2,1H3. The number of hydrogen-bond donors (Lipinski definition) is 0. The Kier molecular flexibility index (Phi) is 6.42. The predicted molar refractivity (Wildman–Crippen MR) is 120 cm³/mol. The van der Waals surface area contributed by atoms with Crippen LogP contribution in [0.4, 0.5) is 14.5 Å². The minimum atomic E-state index is -0.793. The summed E-state index contributed by atoms with van der Waals surface area (Å²) in [5.74, 6) is 7.66. The highest BCUT2D eigenvalue weighted by Crippen LogP contribution is 2.46. The summed E-state index contributed by atoms with van der Waals surface area (Å²) in [6.45, 7) is 2.45. The molecule has 30 heavy (non-hydrogen) atoms. The average molecular weight is 422 g/mol. The molecular weight excluding hydrogens is 396 g/mol. The maximum Gasteiger partial charge on any atom is 0.153 e. The maximum atomic E-state index is 13.9. The van der Waals surface area contributed by atoms with Gasteiger partial charge in [0.25, 0.3) is 0 Å². The van der Waals surface area contributed by atoms with E-state index >= 15 is 0 Å². The molecule has 0 spiro atoms. The summed E-state index contributed by atoms with van der Waals surface area (Å²) < 4.78 is 27.8. The molecule has 2 aliphatic carbocycles. The Hall–Kier alpha value is -2.34. The molecule has 1 nitrogen and oxygen atoms in total. The second-order valence-corrected chi connectivity index (χ2v) is 8.85. The summed E-state index contributed by atoms with van der Waals surface area (Å²) in [4.78, 5) is 3.41. The molecule has 0 radical (unpaired) electrons. The van der Waals surface area contributed by atoms with Gasteiger partial charge in [0.15, 0.2) is 11.6 Å². The van der Waals surface area contributed by atoms with E-state index in [4.69, 9.17) is 0 Å². The molecule has 0 aliphatic heterocycles. The molecule has 2 fully saturated rings. The minimum absolute atomic E-state index is 0.264. The predicted octanol–water partition coefficient (Wildman–Crippen LogP) is 7.42. The molecule has 0 N–H and O–H groups in total.